The van der Waals surface area contributed by atoms with Crippen LogP contribution in [0.25, 0.3) is 0 Å². The van der Waals surface area contributed by atoms with Gasteiger partial charge in [0.05, 0.1) is 19.4 Å². The van der Waals surface area contributed by atoms with Crippen LogP contribution in [0, 0.1) is 11.7 Å². The van der Waals surface area contributed by atoms with Crippen molar-refractivity contribution in [1.82, 2.24) is 15.2 Å². The third-order valence-electron chi connectivity index (χ3n) is 4.66. The molecule has 1 fully saturated rings. The van der Waals surface area contributed by atoms with Gasteiger partial charge in [0.15, 0.2) is 5.69 Å². The lowest BCUT2D eigenvalue weighted by Crippen LogP contribution is -2.26. The van der Waals surface area contributed by atoms with Crippen LogP contribution in [-0.4, -0.2) is 22.3 Å². The maximum atomic E-state index is 13.5. The summed E-state index contributed by atoms with van der Waals surface area (Å²) >= 11 is 0. The minimum absolute atomic E-state index is 0.235. The van der Waals surface area contributed by atoms with Gasteiger partial charge in [-0.3, -0.25) is 9.69 Å². The Morgan fingerprint density at radius 3 is 2.86 bits per heavy atom. The first kappa shape index (κ1) is 18.4. The number of oxazole rings is 1. The van der Waals surface area contributed by atoms with Crippen LogP contribution in [-0.2, 0) is 19.6 Å². The first-order chi connectivity index (χ1) is 13.7. The highest BCUT2D eigenvalue weighted by Crippen LogP contribution is 2.30. The maximum absolute atomic E-state index is 13.5. The molecule has 1 N–H and O–H groups in total. The van der Waals surface area contributed by atoms with Crippen molar-refractivity contribution in [2.75, 3.05) is 6.54 Å². The number of nitrogens with one attached hydrogen (secondary N) is 1. The van der Waals surface area contributed by atoms with E-state index in [1.807, 2.05) is 6.07 Å². The third kappa shape index (κ3) is 5.07. The van der Waals surface area contributed by atoms with Gasteiger partial charge in [0.25, 0.3) is 5.91 Å². The van der Waals surface area contributed by atoms with Crippen molar-refractivity contribution < 1.29 is 18.0 Å². The number of halogens is 1. The Hall–Kier alpha value is -2.93. The highest BCUT2D eigenvalue weighted by atomic mass is 19.1. The van der Waals surface area contributed by atoms with E-state index in [9.17, 15) is 9.18 Å². The number of carbonyl (C=O) groups is 1. The van der Waals surface area contributed by atoms with Gasteiger partial charge < -0.3 is 14.2 Å². The Labute approximate surface area is 162 Å². The number of rotatable bonds is 9. The van der Waals surface area contributed by atoms with Crippen LogP contribution < -0.4 is 5.32 Å². The van der Waals surface area contributed by atoms with E-state index >= 15 is 0 Å². The zero-order valence-electron chi connectivity index (χ0n) is 15.4. The van der Waals surface area contributed by atoms with Gasteiger partial charge in [-0.1, -0.05) is 12.1 Å². The van der Waals surface area contributed by atoms with E-state index in [1.165, 1.54) is 25.2 Å². The summed E-state index contributed by atoms with van der Waals surface area (Å²) in [5.74, 6) is 1.25. The second-order valence-electron chi connectivity index (χ2n) is 7.13. The molecule has 0 saturated heterocycles. The molecule has 6 nitrogen and oxygen atoms in total. The Kier molecular flexibility index (Phi) is 5.53. The fourth-order valence-corrected chi connectivity index (χ4v) is 3.09. The van der Waals surface area contributed by atoms with Crippen LogP contribution in [0.4, 0.5) is 4.39 Å². The molecule has 1 saturated carbocycles. The first-order valence-electron chi connectivity index (χ1n) is 9.37. The molecule has 2 heterocycles. The molecule has 0 aliphatic heterocycles. The van der Waals surface area contributed by atoms with E-state index in [2.05, 4.69) is 15.2 Å². The number of nitrogens with zero attached hydrogens (tertiary/aromatic N) is 2. The topological polar surface area (TPSA) is 71.5 Å². The van der Waals surface area contributed by atoms with Crippen LogP contribution in [0.2, 0.25) is 0 Å². The van der Waals surface area contributed by atoms with Gasteiger partial charge in [0, 0.05) is 13.1 Å². The molecule has 28 heavy (non-hydrogen) atoms. The molecule has 1 amide bonds. The Balaban J connectivity index is 1.37. The number of amides is 1. The average Bonchev–Trinajstić information content (AvgIpc) is 3.15. The molecule has 0 bridgehead atoms. The summed E-state index contributed by atoms with van der Waals surface area (Å²) in [6, 6.07) is 10.2. The van der Waals surface area contributed by atoms with Crippen molar-refractivity contribution in [1.29, 1.82) is 0 Å². The molecule has 7 heteroatoms. The summed E-state index contributed by atoms with van der Waals surface area (Å²) in [4.78, 5) is 18.7. The van der Waals surface area contributed by atoms with Gasteiger partial charge in [0.1, 0.15) is 17.8 Å². The number of carbonyl (C=O) groups excluding carboxylic acids is 1. The molecule has 1 aromatic carbocycles. The second kappa shape index (κ2) is 8.39. The van der Waals surface area contributed by atoms with Crippen molar-refractivity contribution in [2.24, 2.45) is 5.92 Å². The molecule has 3 aromatic rings. The van der Waals surface area contributed by atoms with Gasteiger partial charge in [-0.05, 0) is 48.6 Å². The first-order valence-corrected chi connectivity index (χ1v) is 9.37. The van der Waals surface area contributed by atoms with Gasteiger partial charge in [-0.15, -0.1) is 0 Å². The van der Waals surface area contributed by atoms with E-state index in [-0.39, 0.29) is 17.4 Å². The molecular formula is C21H22FN3O3. The lowest BCUT2D eigenvalue weighted by atomic mass is 10.2. The molecule has 1 aliphatic carbocycles. The third-order valence-corrected chi connectivity index (χ3v) is 4.66. The number of hydrogen-bond donors (Lipinski definition) is 1. The smallest absolute Gasteiger partial charge is 0.273 e. The second-order valence-corrected chi connectivity index (χ2v) is 7.13. The highest BCUT2D eigenvalue weighted by Gasteiger charge is 2.25. The summed E-state index contributed by atoms with van der Waals surface area (Å²) in [7, 11) is 0. The summed E-state index contributed by atoms with van der Waals surface area (Å²) in [6.07, 6.45) is 5.35. The monoisotopic (exact) mass is 383 g/mol. The fourth-order valence-electron chi connectivity index (χ4n) is 3.09. The predicted molar refractivity (Wildman–Crippen MR) is 99.6 cm³/mol. The number of benzene rings is 1. The minimum atomic E-state index is -0.315. The van der Waals surface area contributed by atoms with Crippen molar-refractivity contribution in [3.8, 4) is 0 Å². The lowest BCUT2D eigenvalue weighted by Gasteiger charge is -2.20. The van der Waals surface area contributed by atoms with E-state index < -0.39 is 0 Å². The normalized spacial score (nSPS) is 13.8. The summed E-state index contributed by atoms with van der Waals surface area (Å²) < 4.78 is 24.2. The summed E-state index contributed by atoms with van der Waals surface area (Å²) in [6.45, 7) is 2.27. The Morgan fingerprint density at radius 2 is 2.11 bits per heavy atom. The van der Waals surface area contributed by atoms with Gasteiger partial charge in [-0.25, -0.2) is 9.37 Å². The predicted octanol–water partition coefficient (Wildman–Crippen LogP) is 3.75. The van der Waals surface area contributed by atoms with E-state index in [1.54, 1.807) is 30.5 Å². The summed E-state index contributed by atoms with van der Waals surface area (Å²) in [5.41, 5.74) is 1.14. The fraction of sp³-hybridized carbons (Fsp3) is 0.333. The van der Waals surface area contributed by atoms with Gasteiger partial charge in [-0.2, -0.15) is 0 Å². The minimum Gasteiger partial charge on any atom is -0.467 e. The van der Waals surface area contributed by atoms with Crippen LogP contribution in [0.5, 0.6) is 0 Å². The number of hydrogen-bond acceptors (Lipinski definition) is 5. The van der Waals surface area contributed by atoms with Gasteiger partial charge >= 0.3 is 0 Å². The Bertz CT molecular complexity index is 919. The molecule has 2 aromatic heterocycles. The SMILES string of the molecule is O=C(NCc1ccco1)c1coc(CN(Cc2cccc(F)c2)CC2CC2)n1. The van der Waals surface area contributed by atoms with Gasteiger partial charge in [0.2, 0.25) is 5.89 Å². The van der Waals surface area contributed by atoms with E-state index in [0.717, 1.165) is 12.1 Å². The van der Waals surface area contributed by atoms with Crippen molar-refractivity contribution in [3.05, 3.63) is 77.7 Å². The van der Waals surface area contributed by atoms with Crippen LogP contribution in [0.1, 0.15) is 40.5 Å². The van der Waals surface area contributed by atoms with E-state index in [4.69, 9.17) is 8.83 Å². The highest BCUT2D eigenvalue weighted by molar-refractivity contribution is 5.91. The molecule has 0 radical (unpaired) electrons. The van der Waals surface area contributed by atoms with Crippen LogP contribution in [0.3, 0.4) is 0 Å². The zero-order valence-corrected chi connectivity index (χ0v) is 15.4. The van der Waals surface area contributed by atoms with Crippen molar-refractivity contribution >= 4 is 5.91 Å². The lowest BCUT2D eigenvalue weighted by molar-refractivity contribution is 0.0943. The molecule has 0 atom stereocenters. The average molecular weight is 383 g/mol. The molecule has 0 unspecified atom stereocenters. The van der Waals surface area contributed by atoms with E-state index in [0.29, 0.717) is 37.2 Å². The maximum Gasteiger partial charge on any atom is 0.273 e. The van der Waals surface area contributed by atoms with Crippen LogP contribution in [0.15, 0.2) is 57.8 Å². The molecule has 4 rings (SSSR count). The molecular weight excluding hydrogens is 361 g/mol. The number of furan rings is 1. The quantitative estimate of drug-likeness (QED) is 0.609. The standard InChI is InChI=1S/C21H22FN3O3/c22-17-4-1-3-16(9-17)12-25(11-15-6-7-15)13-20-24-19(14-28-20)21(26)23-10-18-5-2-8-27-18/h1-5,8-9,14-15H,6-7,10-13H2,(H,23,26). The molecule has 1 aliphatic rings. The number of aromatic nitrogens is 1. The van der Waals surface area contributed by atoms with Crippen molar-refractivity contribution in [2.45, 2.75) is 32.5 Å². The molecule has 0 spiro atoms. The van der Waals surface area contributed by atoms with Crippen molar-refractivity contribution in [3.63, 3.8) is 0 Å². The molecule has 146 valence electrons. The Morgan fingerprint density at radius 1 is 1.21 bits per heavy atom. The zero-order chi connectivity index (χ0) is 19.3. The summed E-state index contributed by atoms with van der Waals surface area (Å²) in [5, 5.41) is 2.75. The largest absolute Gasteiger partial charge is 0.467 e. The van der Waals surface area contributed by atoms with Crippen LogP contribution >= 0.6 is 0 Å².